The van der Waals surface area contributed by atoms with Crippen LogP contribution >= 0.6 is 0 Å². The number of carbonyl (C=O) groups excluding carboxylic acids is 1. The molecule has 0 atom stereocenters. The van der Waals surface area contributed by atoms with Crippen molar-refractivity contribution in [3.05, 3.63) is 24.1 Å². The van der Waals surface area contributed by atoms with Crippen LogP contribution in [-0.2, 0) is 6.54 Å². The number of ether oxygens (including phenoxy) is 2. The van der Waals surface area contributed by atoms with E-state index < -0.39 is 0 Å². The molecule has 0 aliphatic heterocycles. The van der Waals surface area contributed by atoms with Gasteiger partial charge in [0.2, 0.25) is 11.7 Å². The average Bonchev–Trinajstić information content (AvgIpc) is 3.20. The molecular weight excluding hydrogens is 360 g/mol. The van der Waals surface area contributed by atoms with Crippen molar-refractivity contribution in [2.75, 3.05) is 20.8 Å². The first-order valence-corrected chi connectivity index (χ1v) is 9.75. The molecule has 1 aromatic heterocycles. The highest BCUT2D eigenvalue weighted by molar-refractivity contribution is 5.74. The minimum Gasteiger partial charge on any atom is -0.493 e. The fraction of sp³-hybridized carbons (Fsp3) is 0.550. The lowest BCUT2D eigenvalue weighted by molar-refractivity contribution is 0.182. The van der Waals surface area contributed by atoms with Crippen molar-refractivity contribution in [3.8, 4) is 22.9 Å². The van der Waals surface area contributed by atoms with E-state index in [1.807, 2.05) is 13.0 Å². The van der Waals surface area contributed by atoms with Gasteiger partial charge >= 0.3 is 6.03 Å². The minimum absolute atomic E-state index is 0.0831. The Morgan fingerprint density at radius 3 is 2.64 bits per heavy atom. The van der Waals surface area contributed by atoms with Crippen LogP contribution in [0.15, 0.2) is 22.7 Å². The molecule has 1 saturated carbocycles. The van der Waals surface area contributed by atoms with Gasteiger partial charge in [-0.1, -0.05) is 24.4 Å². The monoisotopic (exact) mass is 388 g/mol. The maximum absolute atomic E-state index is 12.6. The summed E-state index contributed by atoms with van der Waals surface area (Å²) in [4.78, 5) is 18.7. The van der Waals surface area contributed by atoms with Crippen LogP contribution < -0.4 is 14.8 Å². The van der Waals surface area contributed by atoms with Gasteiger partial charge in [-0.2, -0.15) is 4.98 Å². The molecule has 2 amide bonds. The van der Waals surface area contributed by atoms with Gasteiger partial charge in [0.25, 0.3) is 0 Å². The molecule has 1 aliphatic carbocycles. The first-order valence-electron chi connectivity index (χ1n) is 9.75. The summed E-state index contributed by atoms with van der Waals surface area (Å²) < 4.78 is 15.9. The second-order valence-electron chi connectivity index (χ2n) is 6.88. The maximum atomic E-state index is 12.6. The molecule has 8 heteroatoms. The first kappa shape index (κ1) is 20.0. The number of benzene rings is 1. The summed E-state index contributed by atoms with van der Waals surface area (Å²) in [6.45, 7) is 2.77. The SMILES string of the molecule is CCN(Cc1nc(-c2ccc(OC)c(OC)c2)no1)C(=O)NC1CCCCC1. The van der Waals surface area contributed by atoms with E-state index in [4.69, 9.17) is 14.0 Å². The van der Waals surface area contributed by atoms with Crippen LogP contribution in [0.25, 0.3) is 11.4 Å². The number of nitrogens with zero attached hydrogens (tertiary/aromatic N) is 3. The van der Waals surface area contributed by atoms with E-state index in [2.05, 4.69) is 15.5 Å². The molecule has 28 heavy (non-hydrogen) atoms. The van der Waals surface area contributed by atoms with Gasteiger partial charge in [-0.3, -0.25) is 0 Å². The third kappa shape index (κ3) is 4.74. The number of amides is 2. The number of nitrogens with one attached hydrogen (secondary N) is 1. The summed E-state index contributed by atoms with van der Waals surface area (Å²) in [6, 6.07) is 5.60. The smallest absolute Gasteiger partial charge is 0.318 e. The molecule has 1 fully saturated rings. The Hall–Kier alpha value is -2.77. The van der Waals surface area contributed by atoms with Crippen LogP contribution in [0.3, 0.4) is 0 Å². The molecule has 152 valence electrons. The van der Waals surface area contributed by atoms with E-state index in [0.717, 1.165) is 18.4 Å². The molecule has 0 radical (unpaired) electrons. The van der Waals surface area contributed by atoms with Gasteiger partial charge in [0, 0.05) is 18.2 Å². The summed E-state index contributed by atoms with van der Waals surface area (Å²) >= 11 is 0. The number of carbonyl (C=O) groups is 1. The molecule has 0 spiro atoms. The zero-order valence-corrected chi connectivity index (χ0v) is 16.7. The fourth-order valence-electron chi connectivity index (χ4n) is 3.41. The predicted octanol–water partition coefficient (Wildman–Crippen LogP) is 3.62. The zero-order valence-electron chi connectivity index (χ0n) is 16.7. The van der Waals surface area contributed by atoms with Crippen LogP contribution in [0, 0.1) is 0 Å². The third-order valence-electron chi connectivity index (χ3n) is 5.04. The minimum atomic E-state index is -0.0831. The summed E-state index contributed by atoms with van der Waals surface area (Å²) in [5, 5.41) is 7.16. The highest BCUT2D eigenvalue weighted by atomic mass is 16.5. The van der Waals surface area contributed by atoms with Crippen molar-refractivity contribution >= 4 is 6.03 Å². The highest BCUT2D eigenvalue weighted by Crippen LogP contribution is 2.31. The Morgan fingerprint density at radius 1 is 1.21 bits per heavy atom. The molecule has 1 aromatic carbocycles. The lowest BCUT2D eigenvalue weighted by Crippen LogP contribution is -2.45. The van der Waals surface area contributed by atoms with Gasteiger partial charge in [-0.25, -0.2) is 4.79 Å². The summed E-state index contributed by atoms with van der Waals surface area (Å²) in [5.74, 6) is 2.06. The van der Waals surface area contributed by atoms with E-state index in [9.17, 15) is 4.79 Å². The van der Waals surface area contributed by atoms with Crippen molar-refractivity contribution < 1.29 is 18.8 Å². The molecule has 8 nitrogen and oxygen atoms in total. The van der Waals surface area contributed by atoms with Crippen molar-refractivity contribution in [1.29, 1.82) is 0 Å². The quantitative estimate of drug-likeness (QED) is 0.779. The van der Waals surface area contributed by atoms with Crippen molar-refractivity contribution in [1.82, 2.24) is 20.4 Å². The van der Waals surface area contributed by atoms with Gasteiger partial charge < -0.3 is 24.2 Å². The Balaban J connectivity index is 1.66. The Bertz CT molecular complexity index is 786. The number of hydrogen-bond acceptors (Lipinski definition) is 6. The summed E-state index contributed by atoms with van der Waals surface area (Å²) in [5.41, 5.74) is 0.752. The predicted molar refractivity (Wildman–Crippen MR) is 104 cm³/mol. The van der Waals surface area contributed by atoms with Gasteiger partial charge in [0.05, 0.1) is 14.2 Å². The van der Waals surface area contributed by atoms with E-state index in [1.165, 1.54) is 19.3 Å². The largest absolute Gasteiger partial charge is 0.493 e. The topological polar surface area (TPSA) is 89.7 Å². The van der Waals surface area contributed by atoms with E-state index in [1.54, 1.807) is 31.3 Å². The van der Waals surface area contributed by atoms with Crippen molar-refractivity contribution in [3.63, 3.8) is 0 Å². The van der Waals surface area contributed by atoms with E-state index in [0.29, 0.717) is 29.8 Å². The number of methoxy groups -OCH3 is 2. The fourth-order valence-corrected chi connectivity index (χ4v) is 3.41. The second-order valence-corrected chi connectivity index (χ2v) is 6.88. The van der Waals surface area contributed by atoms with Gasteiger partial charge in [0.1, 0.15) is 6.54 Å². The Labute approximate surface area is 165 Å². The highest BCUT2D eigenvalue weighted by Gasteiger charge is 2.21. The Morgan fingerprint density at radius 2 is 1.96 bits per heavy atom. The molecule has 1 N–H and O–H groups in total. The van der Waals surface area contributed by atoms with Gasteiger partial charge in [-0.15, -0.1) is 0 Å². The number of aromatic nitrogens is 2. The average molecular weight is 388 g/mol. The van der Waals surface area contributed by atoms with Crippen molar-refractivity contribution in [2.24, 2.45) is 0 Å². The van der Waals surface area contributed by atoms with E-state index in [-0.39, 0.29) is 18.6 Å². The Kier molecular flexibility index (Phi) is 6.73. The van der Waals surface area contributed by atoms with Crippen LogP contribution in [0.5, 0.6) is 11.5 Å². The van der Waals surface area contributed by atoms with Crippen LogP contribution in [0.4, 0.5) is 4.79 Å². The summed E-state index contributed by atoms with van der Waals surface area (Å²) in [6.07, 6.45) is 5.70. The zero-order chi connectivity index (χ0) is 19.9. The molecule has 2 aromatic rings. The number of urea groups is 1. The van der Waals surface area contributed by atoms with E-state index >= 15 is 0 Å². The molecule has 0 saturated heterocycles. The number of rotatable bonds is 7. The molecule has 0 bridgehead atoms. The van der Waals surface area contributed by atoms with Gasteiger partial charge in [-0.05, 0) is 38.0 Å². The summed E-state index contributed by atoms with van der Waals surface area (Å²) in [7, 11) is 3.16. The molecular formula is C20H28N4O4. The molecule has 1 heterocycles. The lowest BCUT2D eigenvalue weighted by Gasteiger charge is -2.26. The number of hydrogen-bond donors (Lipinski definition) is 1. The lowest BCUT2D eigenvalue weighted by atomic mass is 9.96. The molecule has 1 aliphatic rings. The second kappa shape index (κ2) is 9.43. The normalized spacial score (nSPS) is 14.5. The van der Waals surface area contributed by atoms with Crippen LogP contribution in [0.1, 0.15) is 44.9 Å². The first-order chi connectivity index (χ1) is 13.6. The van der Waals surface area contributed by atoms with Crippen LogP contribution in [0.2, 0.25) is 0 Å². The molecule has 3 rings (SSSR count). The van der Waals surface area contributed by atoms with Gasteiger partial charge in [0.15, 0.2) is 11.5 Å². The maximum Gasteiger partial charge on any atom is 0.318 e. The van der Waals surface area contributed by atoms with Crippen LogP contribution in [-0.4, -0.2) is 47.9 Å². The third-order valence-corrected chi connectivity index (χ3v) is 5.04. The molecule has 0 unspecified atom stereocenters. The van der Waals surface area contributed by atoms with Crippen molar-refractivity contribution in [2.45, 2.75) is 51.6 Å². The standard InChI is InChI=1S/C20H28N4O4/c1-4-24(20(25)21-15-8-6-5-7-9-15)13-18-22-19(23-28-18)14-10-11-16(26-2)17(12-14)27-3/h10-12,15H,4-9,13H2,1-3H3,(H,21,25).